The van der Waals surface area contributed by atoms with Crippen molar-refractivity contribution in [3.8, 4) is 11.5 Å². The largest absolute Gasteiger partial charge is 0.450 e. The SMILES string of the molecule is CCOC(=O)N(C)C(C#C[Si](C)(C)C)c1cccc(NC(=O)C(C)(C)C)c1. The molecule has 1 rings (SSSR count). The van der Waals surface area contributed by atoms with Crippen LogP contribution in [0.2, 0.25) is 19.6 Å². The molecule has 148 valence electrons. The molecule has 0 spiro atoms. The van der Waals surface area contributed by atoms with Gasteiger partial charge in [-0.3, -0.25) is 9.69 Å². The molecule has 1 atom stereocenters. The molecule has 1 unspecified atom stereocenters. The summed E-state index contributed by atoms with van der Waals surface area (Å²) >= 11 is 0. The first kappa shape index (κ1) is 22.8. The number of carbonyl (C=O) groups is 2. The Morgan fingerprint density at radius 2 is 1.89 bits per heavy atom. The van der Waals surface area contributed by atoms with Gasteiger partial charge in [0.25, 0.3) is 0 Å². The maximum absolute atomic E-state index is 12.3. The van der Waals surface area contributed by atoms with Crippen molar-refractivity contribution in [2.75, 3.05) is 19.0 Å². The number of ether oxygens (including phenoxy) is 1. The van der Waals surface area contributed by atoms with Crippen LogP contribution in [-0.2, 0) is 9.53 Å². The van der Waals surface area contributed by atoms with Crippen LogP contribution < -0.4 is 5.32 Å². The second-order valence-electron chi connectivity index (χ2n) is 8.56. The van der Waals surface area contributed by atoms with E-state index in [1.54, 1.807) is 14.0 Å². The third-order valence-corrected chi connectivity index (χ3v) is 4.56. The highest BCUT2D eigenvalue weighted by Gasteiger charge is 2.24. The number of nitrogens with one attached hydrogen (secondary N) is 1. The lowest BCUT2D eigenvalue weighted by atomic mass is 9.95. The van der Waals surface area contributed by atoms with Crippen molar-refractivity contribution in [2.24, 2.45) is 5.41 Å². The summed E-state index contributed by atoms with van der Waals surface area (Å²) in [5.74, 6) is 3.18. The Bertz CT molecular complexity index is 736. The van der Waals surface area contributed by atoms with E-state index in [-0.39, 0.29) is 5.91 Å². The second kappa shape index (κ2) is 9.09. The van der Waals surface area contributed by atoms with Crippen LogP contribution in [0, 0.1) is 16.9 Å². The average molecular weight is 389 g/mol. The van der Waals surface area contributed by atoms with Crippen LogP contribution in [0.1, 0.15) is 39.3 Å². The minimum Gasteiger partial charge on any atom is -0.450 e. The molecule has 0 fully saturated rings. The molecule has 0 aromatic heterocycles. The Kier molecular flexibility index (Phi) is 7.67. The first-order chi connectivity index (χ1) is 12.3. The van der Waals surface area contributed by atoms with Gasteiger partial charge in [-0.2, -0.15) is 0 Å². The van der Waals surface area contributed by atoms with Crippen molar-refractivity contribution in [3.63, 3.8) is 0 Å². The Balaban J connectivity index is 3.25. The van der Waals surface area contributed by atoms with Crippen LogP contribution in [0.3, 0.4) is 0 Å². The number of hydrogen-bond donors (Lipinski definition) is 1. The zero-order chi connectivity index (χ0) is 20.8. The van der Waals surface area contributed by atoms with Gasteiger partial charge in [-0.15, -0.1) is 5.54 Å². The molecule has 0 heterocycles. The van der Waals surface area contributed by atoms with Crippen molar-refractivity contribution >= 4 is 25.8 Å². The fourth-order valence-electron chi connectivity index (χ4n) is 2.12. The molecule has 6 heteroatoms. The van der Waals surface area contributed by atoms with Crippen LogP contribution in [0.5, 0.6) is 0 Å². The molecule has 1 aromatic rings. The van der Waals surface area contributed by atoms with E-state index in [1.165, 1.54) is 4.90 Å². The summed E-state index contributed by atoms with van der Waals surface area (Å²) in [7, 11) is 0.0562. The molecule has 2 amide bonds. The lowest BCUT2D eigenvalue weighted by molar-refractivity contribution is -0.123. The minimum absolute atomic E-state index is 0.0665. The molecule has 0 aliphatic rings. The molecule has 0 aliphatic carbocycles. The first-order valence-corrected chi connectivity index (χ1v) is 12.7. The summed E-state index contributed by atoms with van der Waals surface area (Å²) in [5, 5.41) is 2.93. The summed E-state index contributed by atoms with van der Waals surface area (Å²) < 4.78 is 5.14. The number of nitrogens with zero attached hydrogens (tertiary/aromatic N) is 1. The van der Waals surface area contributed by atoms with Crippen molar-refractivity contribution < 1.29 is 14.3 Å². The van der Waals surface area contributed by atoms with Crippen LogP contribution in [0.4, 0.5) is 10.5 Å². The van der Waals surface area contributed by atoms with E-state index in [9.17, 15) is 9.59 Å². The minimum atomic E-state index is -1.63. The molecular weight excluding hydrogens is 356 g/mol. The number of rotatable bonds is 4. The van der Waals surface area contributed by atoms with Crippen LogP contribution in [0.15, 0.2) is 24.3 Å². The van der Waals surface area contributed by atoms with Gasteiger partial charge in [-0.25, -0.2) is 4.79 Å². The van der Waals surface area contributed by atoms with E-state index < -0.39 is 25.6 Å². The molecule has 27 heavy (non-hydrogen) atoms. The van der Waals surface area contributed by atoms with Gasteiger partial charge >= 0.3 is 6.09 Å². The number of benzene rings is 1. The van der Waals surface area contributed by atoms with Crippen molar-refractivity contribution in [1.82, 2.24) is 4.90 Å². The second-order valence-corrected chi connectivity index (χ2v) is 13.3. The Morgan fingerprint density at radius 3 is 2.41 bits per heavy atom. The Hall–Kier alpha value is -2.26. The lowest BCUT2D eigenvalue weighted by Gasteiger charge is -2.25. The Morgan fingerprint density at radius 1 is 1.26 bits per heavy atom. The monoisotopic (exact) mass is 388 g/mol. The maximum Gasteiger partial charge on any atom is 0.410 e. The van der Waals surface area contributed by atoms with Crippen LogP contribution in [0.25, 0.3) is 0 Å². The van der Waals surface area contributed by atoms with Crippen LogP contribution in [-0.4, -0.2) is 38.6 Å². The van der Waals surface area contributed by atoms with E-state index in [2.05, 4.69) is 36.4 Å². The number of hydrogen-bond acceptors (Lipinski definition) is 3. The van der Waals surface area contributed by atoms with E-state index in [1.807, 2.05) is 45.0 Å². The topological polar surface area (TPSA) is 58.6 Å². The summed E-state index contributed by atoms with van der Waals surface area (Å²) in [6.45, 7) is 14.1. The number of amides is 2. The highest BCUT2D eigenvalue weighted by molar-refractivity contribution is 6.83. The van der Waals surface area contributed by atoms with Gasteiger partial charge in [-0.05, 0) is 24.6 Å². The van der Waals surface area contributed by atoms with Crippen LogP contribution >= 0.6 is 0 Å². The Labute approximate surface area is 164 Å². The van der Waals surface area contributed by atoms with Gasteiger partial charge in [0.2, 0.25) is 5.91 Å². The summed E-state index contributed by atoms with van der Waals surface area (Å²) in [4.78, 5) is 26.0. The third kappa shape index (κ3) is 7.47. The predicted octanol–water partition coefficient (Wildman–Crippen LogP) is 4.68. The molecule has 1 aromatic carbocycles. The molecule has 5 nitrogen and oxygen atoms in total. The highest BCUT2D eigenvalue weighted by Crippen LogP contribution is 2.24. The zero-order valence-electron chi connectivity index (χ0n) is 17.8. The lowest BCUT2D eigenvalue weighted by Crippen LogP contribution is -2.32. The van der Waals surface area contributed by atoms with Gasteiger partial charge in [-0.1, -0.05) is 58.5 Å². The fourth-order valence-corrected chi connectivity index (χ4v) is 2.69. The normalized spacial score (nSPS) is 12.4. The smallest absolute Gasteiger partial charge is 0.410 e. The van der Waals surface area contributed by atoms with Crippen molar-refractivity contribution in [1.29, 1.82) is 0 Å². The maximum atomic E-state index is 12.3. The average Bonchev–Trinajstić information content (AvgIpc) is 2.53. The molecule has 0 bridgehead atoms. The summed E-state index contributed by atoms with van der Waals surface area (Å²) in [6.07, 6.45) is -0.420. The number of anilines is 1. The standard InChI is InChI=1S/C21H32N2O3Si/c1-9-26-20(25)23(5)18(13-14-27(6,7)8)16-11-10-12-17(15-16)22-19(24)21(2,3)4/h10-12,15,18H,9H2,1-8H3,(H,22,24). The van der Waals surface area contributed by atoms with E-state index in [0.29, 0.717) is 12.3 Å². The van der Waals surface area contributed by atoms with Gasteiger partial charge < -0.3 is 10.1 Å². The predicted molar refractivity (Wildman–Crippen MR) is 113 cm³/mol. The van der Waals surface area contributed by atoms with Gasteiger partial charge in [0.1, 0.15) is 14.1 Å². The summed E-state index contributed by atoms with van der Waals surface area (Å²) in [5.41, 5.74) is 4.36. The van der Waals surface area contributed by atoms with Gasteiger partial charge in [0, 0.05) is 18.2 Å². The van der Waals surface area contributed by atoms with E-state index >= 15 is 0 Å². The number of carbonyl (C=O) groups excluding carboxylic acids is 2. The van der Waals surface area contributed by atoms with Gasteiger partial charge in [0.05, 0.1) is 6.61 Å². The van der Waals surface area contributed by atoms with E-state index in [4.69, 9.17) is 4.74 Å². The molecule has 0 aliphatic heterocycles. The highest BCUT2D eigenvalue weighted by atomic mass is 28.3. The third-order valence-electron chi connectivity index (χ3n) is 3.67. The molecule has 0 saturated carbocycles. The van der Waals surface area contributed by atoms with Crippen molar-refractivity contribution in [3.05, 3.63) is 29.8 Å². The van der Waals surface area contributed by atoms with Gasteiger partial charge in [0.15, 0.2) is 0 Å². The molecular formula is C21H32N2O3Si. The molecule has 1 N–H and O–H groups in total. The first-order valence-electron chi connectivity index (χ1n) is 9.19. The fraction of sp³-hybridized carbons (Fsp3) is 0.524. The van der Waals surface area contributed by atoms with Crippen molar-refractivity contribution in [2.45, 2.75) is 53.4 Å². The molecule has 0 saturated heterocycles. The summed E-state index contributed by atoms with van der Waals surface area (Å²) in [6, 6.07) is 7.02. The zero-order valence-corrected chi connectivity index (χ0v) is 18.8. The quantitative estimate of drug-likeness (QED) is 0.602. The molecule has 0 radical (unpaired) electrons. The van der Waals surface area contributed by atoms with E-state index in [0.717, 1.165) is 5.56 Å².